The largest absolute Gasteiger partial charge is 0.450 e. The zero-order valence-corrected chi connectivity index (χ0v) is 20.3. The minimum atomic E-state index is -0.670. The van der Waals surface area contributed by atoms with Gasteiger partial charge >= 0.3 is 12.2 Å². The Hall–Kier alpha value is -2.32. The average Bonchev–Trinajstić information content (AvgIpc) is 2.79. The molecule has 0 fully saturated rings. The predicted molar refractivity (Wildman–Crippen MR) is 123 cm³/mol. The van der Waals surface area contributed by atoms with E-state index in [1.54, 1.807) is 13.8 Å². The van der Waals surface area contributed by atoms with Gasteiger partial charge in [0.2, 0.25) is 0 Å². The van der Waals surface area contributed by atoms with Gasteiger partial charge in [-0.15, -0.1) is 0 Å². The maximum absolute atomic E-state index is 12.0. The molecule has 1 aromatic carbocycles. The molecule has 0 aliphatic carbocycles. The van der Waals surface area contributed by atoms with Crippen LogP contribution in [0.2, 0.25) is 0 Å². The van der Waals surface area contributed by atoms with Crippen LogP contribution in [0.25, 0.3) is 0 Å². The van der Waals surface area contributed by atoms with Gasteiger partial charge in [-0.3, -0.25) is 0 Å². The van der Waals surface area contributed by atoms with Gasteiger partial charge in [0.1, 0.15) is 5.60 Å². The van der Waals surface area contributed by atoms with Gasteiger partial charge in [-0.2, -0.15) is 0 Å². The Morgan fingerprint density at radius 3 is 2.06 bits per heavy atom. The molecule has 0 aromatic heterocycles. The van der Waals surface area contributed by atoms with Gasteiger partial charge in [0, 0.05) is 26.3 Å². The number of carbonyl (C=O) groups excluding carboxylic acids is 2. The van der Waals surface area contributed by atoms with Crippen molar-refractivity contribution in [1.29, 1.82) is 0 Å². The summed E-state index contributed by atoms with van der Waals surface area (Å²) in [5, 5.41) is 5.58. The Morgan fingerprint density at radius 2 is 1.50 bits per heavy atom. The lowest BCUT2D eigenvalue weighted by Gasteiger charge is -2.36. The molecule has 0 spiro atoms. The van der Waals surface area contributed by atoms with Crippen LogP contribution in [0.4, 0.5) is 9.59 Å². The molecule has 0 saturated carbocycles. The highest BCUT2D eigenvalue weighted by Crippen LogP contribution is 2.34. The van der Waals surface area contributed by atoms with Crippen molar-refractivity contribution in [3.8, 4) is 0 Å². The number of hydrogen-bond donors (Lipinski definition) is 2. The Morgan fingerprint density at radius 1 is 0.875 bits per heavy atom. The summed E-state index contributed by atoms with van der Waals surface area (Å²) in [5.41, 5.74) is 2.00. The Kier molecular flexibility index (Phi) is 13.4. The fraction of sp³-hybridized carbons (Fsp3) is 0.667. The molecule has 0 radical (unpaired) electrons. The number of benzene rings is 1. The molecule has 182 valence electrons. The molecule has 1 rings (SSSR count). The highest BCUT2D eigenvalue weighted by molar-refractivity contribution is 5.68. The van der Waals surface area contributed by atoms with E-state index < -0.39 is 17.8 Å². The monoisotopic (exact) mass is 452 g/mol. The van der Waals surface area contributed by atoms with E-state index in [1.807, 2.05) is 18.2 Å². The quantitative estimate of drug-likeness (QED) is 0.377. The number of rotatable bonds is 15. The Bertz CT molecular complexity index is 697. The van der Waals surface area contributed by atoms with Crippen molar-refractivity contribution in [3.63, 3.8) is 0 Å². The van der Waals surface area contributed by atoms with Gasteiger partial charge in [0.15, 0.2) is 0 Å². The number of alkyl carbamates (subject to hydrolysis) is 2. The summed E-state index contributed by atoms with van der Waals surface area (Å²) < 4.78 is 22.4. The molecule has 0 aliphatic heterocycles. The Balaban J connectivity index is 3.36. The smallest absolute Gasteiger partial charge is 0.407 e. The van der Waals surface area contributed by atoms with Crippen LogP contribution in [-0.4, -0.2) is 45.2 Å². The van der Waals surface area contributed by atoms with E-state index in [-0.39, 0.29) is 19.7 Å². The number of amides is 2. The minimum absolute atomic E-state index is 0.236. The van der Waals surface area contributed by atoms with Gasteiger partial charge in [0.05, 0.1) is 19.8 Å². The molecule has 8 nitrogen and oxygen atoms in total. The third-order valence-corrected chi connectivity index (χ3v) is 4.98. The Labute approximate surface area is 192 Å². The second-order valence-electron chi connectivity index (χ2n) is 7.34. The van der Waals surface area contributed by atoms with Gasteiger partial charge in [0.25, 0.3) is 0 Å². The lowest BCUT2D eigenvalue weighted by atomic mass is 9.85. The molecule has 0 bridgehead atoms. The lowest BCUT2D eigenvalue weighted by Crippen LogP contribution is -2.38. The fourth-order valence-corrected chi connectivity index (χ4v) is 3.40. The van der Waals surface area contributed by atoms with Crippen molar-refractivity contribution < 1.29 is 28.5 Å². The van der Waals surface area contributed by atoms with Crippen LogP contribution in [0.1, 0.15) is 70.6 Å². The third kappa shape index (κ3) is 8.67. The zero-order valence-electron chi connectivity index (χ0n) is 20.3. The van der Waals surface area contributed by atoms with Crippen LogP contribution in [-0.2, 0) is 37.6 Å². The third-order valence-electron chi connectivity index (χ3n) is 4.98. The first-order valence-electron chi connectivity index (χ1n) is 11.6. The van der Waals surface area contributed by atoms with E-state index in [2.05, 4.69) is 31.4 Å². The maximum Gasteiger partial charge on any atom is 0.407 e. The van der Waals surface area contributed by atoms with E-state index in [1.165, 1.54) is 0 Å². The van der Waals surface area contributed by atoms with Gasteiger partial charge in [-0.1, -0.05) is 39.0 Å². The molecule has 2 N–H and O–H groups in total. The molecule has 1 unspecified atom stereocenters. The molecule has 1 aromatic rings. The van der Waals surface area contributed by atoms with E-state index in [0.717, 1.165) is 29.5 Å². The first kappa shape index (κ1) is 27.7. The second-order valence-corrected chi connectivity index (χ2v) is 7.34. The number of carbonyl (C=O) groups is 2. The summed E-state index contributed by atoms with van der Waals surface area (Å²) in [6.45, 7) is 12.4. The molecular weight excluding hydrogens is 412 g/mol. The van der Waals surface area contributed by atoms with Crippen LogP contribution in [0.3, 0.4) is 0 Å². The normalized spacial score (nSPS) is 12.7. The second kappa shape index (κ2) is 15.5. The minimum Gasteiger partial charge on any atom is -0.450 e. The summed E-state index contributed by atoms with van der Waals surface area (Å²) in [5.74, 6) is 0. The zero-order chi connectivity index (χ0) is 23.8. The van der Waals surface area contributed by atoms with Crippen LogP contribution in [0, 0.1) is 0 Å². The van der Waals surface area contributed by atoms with Crippen LogP contribution in [0.15, 0.2) is 18.2 Å². The van der Waals surface area contributed by atoms with Crippen molar-refractivity contribution >= 4 is 12.2 Å². The number of nitrogens with one attached hydrogen (secondary N) is 2. The van der Waals surface area contributed by atoms with Crippen LogP contribution < -0.4 is 10.6 Å². The van der Waals surface area contributed by atoms with Crippen molar-refractivity contribution in [2.45, 2.75) is 72.6 Å². The lowest BCUT2D eigenvalue weighted by molar-refractivity contribution is -0.107. The van der Waals surface area contributed by atoms with Crippen molar-refractivity contribution in [1.82, 2.24) is 10.6 Å². The number of ether oxygens (including phenoxy) is 4. The molecule has 0 saturated heterocycles. The standard InChI is InChI=1S/C24H40N2O6/c1-6-14-29-18-24(8-3,32-15-7-2)21-13-11-12-19(16-25-22(27)30-9-4)20(21)17-26-23(28)31-10-5/h11-13H,6-10,14-18H2,1-5H3,(H,25,27)(H,26,28). The van der Waals surface area contributed by atoms with E-state index in [0.29, 0.717) is 32.8 Å². The molecule has 2 amide bonds. The van der Waals surface area contributed by atoms with Crippen LogP contribution >= 0.6 is 0 Å². The summed E-state index contributed by atoms with van der Waals surface area (Å²) in [6, 6.07) is 5.86. The highest BCUT2D eigenvalue weighted by atomic mass is 16.6. The topological polar surface area (TPSA) is 95.1 Å². The van der Waals surface area contributed by atoms with Crippen molar-refractivity contribution in [3.05, 3.63) is 34.9 Å². The molecule has 32 heavy (non-hydrogen) atoms. The number of hydrogen-bond acceptors (Lipinski definition) is 6. The molecule has 0 heterocycles. The van der Waals surface area contributed by atoms with Crippen molar-refractivity contribution in [2.75, 3.05) is 33.0 Å². The van der Waals surface area contributed by atoms with E-state index in [9.17, 15) is 9.59 Å². The van der Waals surface area contributed by atoms with E-state index >= 15 is 0 Å². The van der Waals surface area contributed by atoms with Gasteiger partial charge in [-0.25, -0.2) is 9.59 Å². The molecular formula is C24H40N2O6. The van der Waals surface area contributed by atoms with Crippen molar-refractivity contribution in [2.24, 2.45) is 0 Å². The molecule has 1 atom stereocenters. The van der Waals surface area contributed by atoms with Gasteiger partial charge < -0.3 is 29.6 Å². The maximum atomic E-state index is 12.0. The summed E-state index contributed by atoms with van der Waals surface area (Å²) in [4.78, 5) is 23.9. The fourth-order valence-electron chi connectivity index (χ4n) is 3.40. The van der Waals surface area contributed by atoms with E-state index in [4.69, 9.17) is 18.9 Å². The first-order valence-corrected chi connectivity index (χ1v) is 11.6. The van der Waals surface area contributed by atoms with Gasteiger partial charge in [-0.05, 0) is 49.8 Å². The molecule has 0 aliphatic rings. The SMILES string of the molecule is CCCOCC(CC)(OCCC)c1cccc(CNC(=O)OCC)c1CNC(=O)OCC. The summed E-state index contributed by atoms with van der Waals surface area (Å²) >= 11 is 0. The summed E-state index contributed by atoms with van der Waals surface area (Å²) in [6.07, 6.45) is 1.49. The molecule has 8 heteroatoms. The average molecular weight is 453 g/mol. The predicted octanol–water partition coefficient (Wildman–Crippen LogP) is 4.64. The van der Waals surface area contributed by atoms with Crippen LogP contribution in [0.5, 0.6) is 0 Å². The highest BCUT2D eigenvalue weighted by Gasteiger charge is 2.34. The first-order chi connectivity index (χ1) is 15.5. The summed E-state index contributed by atoms with van der Waals surface area (Å²) in [7, 11) is 0.